The van der Waals surface area contributed by atoms with E-state index in [1.807, 2.05) is 12.5 Å². The van der Waals surface area contributed by atoms with Gasteiger partial charge in [0.2, 0.25) is 5.78 Å². The molecule has 0 aliphatic carbocycles. The van der Waals surface area contributed by atoms with E-state index in [0.29, 0.717) is 11.3 Å². The zero-order valence-corrected chi connectivity index (χ0v) is 8.60. The molecule has 0 aliphatic heterocycles. The van der Waals surface area contributed by atoms with Crippen LogP contribution in [0.1, 0.15) is 10.4 Å². The molecule has 0 aliphatic rings. The third-order valence-corrected chi connectivity index (χ3v) is 2.45. The molecule has 0 heterocycles. The fourth-order valence-electron chi connectivity index (χ4n) is 0.993. The van der Waals surface area contributed by atoms with Gasteiger partial charge in [0.25, 0.3) is 0 Å². The maximum absolute atomic E-state index is 11.5. The van der Waals surface area contributed by atoms with Gasteiger partial charge in [0.05, 0.1) is 12.5 Å². The molecule has 0 bridgehead atoms. The van der Waals surface area contributed by atoms with Crippen molar-refractivity contribution in [3.63, 3.8) is 0 Å². The van der Waals surface area contributed by atoms with E-state index in [1.165, 1.54) is 12.1 Å². The third kappa shape index (κ3) is 3.11. The lowest BCUT2D eigenvalue weighted by molar-refractivity contribution is 0.102. The summed E-state index contributed by atoms with van der Waals surface area (Å²) in [5.41, 5.74) is 0.680. The number of hydrogen-bond donors (Lipinski definition) is 1. The van der Waals surface area contributed by atoms with Crippen LogP contribution in [0.4, 0.5) is 0 Å². The van der Waals surface area contributed by atoms with Crippen molar-refractivity contribution in [2.24, 2.45) is 0 Å². The number of phenols is 1. The van der Waals surface area contributed by atoms with E-state index in [9.17, 15) is 4.79 Å². The number of benzene rings is 1. The predicted molar refractivity (Wildman–Crippen MR) is 56.5 cm³/mol. The van der Waals surface area contributed by atoms with Gasteiger partial charge >= 0.3 is 0 Å². The van der Waals surface area contributed by atoms with Gasteiger partial charge in [-0.15, -0.1) is 0 Å². The Labute approximate surface area is 80.9 Å². The minimum Gasteiger partial charge on any atom is -0.508 e. The summed E-state index contributed by atoms with van der Waals surface area (Å²) in [5, 5.41) is 9.01. The number of carbonyl (C=O) groups excluding carboxylic acids is 1. The van der Waals surface area contributed by atoms with Crippen LogP contribution in [0.25, 0.3) is 0 Å². The summed E-state index contributed by atoms with van der Waals surface area (Å²) in [6.07, 6.45) is 4.08. The highest BCUT2D eigenvalue weighted by Crippen LogP contribution is 2.10. The molecule has 1 N–H and O–H groups in total. The van der Waals surface area contributed by atoms with Crippen molar-refractivity contribution in [1.82, 2.24) is 0 Å². The van der Waals surface area contributed by atoms with E-state index in [2.05, 4.69) is 0 Å². The van der Waals surface area contributed by atoms with Crippen LogP contribution in [0, 0.1) is 0 Å². The Kier molecular flexibility index (Phi) is 3.37. The van der Waals surface area contributed by atoms with E-state index >= 15 is 0 Å². The van der Waals surface area contributed by atoms with Crippen LogP contribution < -0.4 is 0 Å². The minimum absolute atomic E-state index is 0.136. The Bertz CT molecular complexity index is 290. The highest BCUT2D eigenvalue weighted by Gasteiger charge is 2.13. The summed E-state index contributed by atoms with van der Waals surface area (Å²) < 4.78 is 0. The van der Waals surface area contributed by atoms with Crippen LogP contribution in [0.15, 0.2) is 24.3 Å². The van der Waals surface area contributed by atoms with Crippen LogP contribution >= 0.6 is 0 Å². The first-order valence-corrected chi connectivity index (χ1v) is 6.17. The van der Waals surface area contributed by atoms with Crippen LogP contribution in [0.2, 0.25) is 0 Å². The maximum Gasteiger partial charge on any atom is 0.211 e. The van der Waals surface area contributed by atoms with Gasteiger partial charge in [-0.05, 0) is 35.2 Å². The Balaban J connectivity index is 2.72. The fourth-order valence-corrected chi connectivity index (χ4v) is 1.68. The zero-order chi connectivity index (χ0) is 9.84. The molecule has 13 heavy (non-hydrogen) atoms. The second kappa shape index (κ2) is 4.33. The fraction of sp³-hybridized carbons (Fsp3) is 0.300. The quantitative estimate of drug-likeness (QED) is 0.588. The predicted octanol–water partition coefficient (Wildman–Crippen LogP) is 1.45. The molecule has 3 heteroatoms. The van der Waals surface area contributed by atoms with Crippen molar-refractivity contribution in [1.29, 1.82) is 0 Å². The summed E-state index contributed by atoms with van der Waals surface area (Å²) in [5.74, 6) is 0.932. The van der Waals surface area contributed by atoms with Crippen molar-refractivity contribution in [2.75, 3.05) is 18.3 Å². The average Bonchev–Trinajstić information content (AvgIpc) is 2.04. The molecule has 0 atom stereocenters. The Morgan fingerprint density at radius 2 is 1.85 bits per heavy atom. The molecule has 0 unspecified atom stereocenters. The van der Waals surface area contributed by atoms with E-state index in [4.69, 9.17) is 5.11 Å². The number of carbonyl (C=O) groups is 1. The molecule has 0 aromatic heterocycles. The van der Waals surface area contributed by atoms with Gasteiger partial charge in [-0.25, -0.2) is 0 Å². The number of ketones is 1. The SMILES string of the molecule is C[S+](C)CC(=O)c1ccc(O)cc1. The standard InChI is InChI=1S/C10H12O2S/c1-13(2)7-10(12)8-3-5-9(11)6-4-8/h3-6H,7H2,1-2H3/p+1. The molecule has 0 saturated heterocycles. The second-order valence-electron chi connectivity index (χ2n) is 3.10. The normalized spacial score (nSPS) is 10.4. The van der Waals surface area contributed by atoms with Gasteiger partial charge in [0.1, 0.15) is 5.75 Å². The smallest absolute Gasteiger partial charge is 0.211 e. The average molecular weight is 197 g/mol. The molecule has 1 aromatic rings. The highest BCUT2D eigenvalue weighted by atomic mass is 32.2. The van der Waals surface area contributed by atoms with Gasteiger partial charge in [-0.2, -0.15) is 0 Å². The topological polar surface area (TPSA) is 37.3 Å². The number of aromatic hydroxyl groups is 1. The molecular weight excluding hydrogens is 184 g/mol. The Morgan fingerprint density at radius 1 is 1.31 bits per heavy atom. The lowest BCUT2D eigenvalue weighted by Crippen LogP contribution is -2.13. The first-order chi connectivity index (χ1) is 6.09. The largest absolute Gasteiger partial charge is 0.508 e. The van der Waals surface area contributed by atoms with Crippen LogP contribution in [-0.4, -0.2) is 29.2 Å². The summed E-state index contributed by atoms with van der Waals surface area (Å²) in [6.45, 7) is 0. The van der Waals surface area contributed by atoms with Gasteiger partial charge in [0, 0.05) is 5.56 Å². The highest BCUT2D eigenvalue weighted by molar-refractivity contribution is 7.96. The summed E-state index contributed by atoms with van der Waals surface area (Å²) in [4.78, 5) is 11.5. The van der Waals surface area contributed by atoms with Crippen molar-refractivity contribution >= 4 is 16.7 Å². The van der Waals surface area contributed by atoms with Crippen LogP contribution in [0.3, 0.4) is 0 Å². The molecule has 1 rings (SSSR count). The molecule has 70 valence electrons. The van der Waals surface area contributed by atoms with E-state index in [0.717, 1.165) is 0 Å². The summed E-state index contributed by atoms with van der Waals surface area (Å²) in [6, 6.07) is 6.39. The number of Topliss-reactive ketones (excluding diaryl/α,β-unsaturated/α-hetero) is 1. The zero-order valence-electron chi connectivity index (χ0n) is 7.78. The molecule has 0 fully saturated rings. The monoisotopic (exact) mass is 197 g/mol. The van der Waals surface area contributed by atoms with Gasteiger partial charge in [0.15, 0.2) is 5.75 Å². The summed E-state index contributed by atoms with van der Waals surface area (Å²) >= 11 is 0. The van der Waals surface area contributed by atoms with Gasteiger partial charge < -0.3 is 5.11 Å². The van der Waals surface area contributed by atoms with E-state index < -0.39 is 0 Å². The van der Waals surface area contributed by atoms with Crippen molar-refractivity contribution < 1.29 is 9.90 Å². The Morgan fingerprint density at radius 3 is 2.31 bits per heavy atom. The summed E-state index contributed by atoms with van der Waals surface area (Å²) in [7, 11) is 0.136. The van der Waals surface area contributed by atoms with Crippen molar-refractivity contribution in [2.45, 2.75) is 0 Å². The lowest BCUT2D eigenvalue weighted by Gasteiger charge is -1.98. The first kappa shape index (κ1) is 10.1. The van der Waals surface area contributed by atoms with Gasteiger partial charge in [-0.1, -0.05) is 0 Å². The van der Waals surface area contributed by atoms with Gasteiger partial charge in [-0.3, -0.25) is 4.79 Å². The molecule has 0 spiro atoms. The molecule has 0 amide bonds. The van der Waals surface area contributed by atoms with E-state index in [-0.39, 0.29) is 22.4 Å². The molecular formula is C10H13O2S+. The lowest BCUT2D eigenvalue weighted by atomic mass is 10.1. The van der Waals surface area contributed by atoms with Crippen LogP contribution in [-0.2, 0) is 10.9 Å². The molecule has 0 radical (unpaired) electrons. The molecule has 1 aromatic carbocycles. The first-order valence-electron chi connectivity index (χ1n) is 3.96. The van der Waals surface area contributed by atoms with Crippen LogP contribution in [0.5, 0.6) is 5.75 Å². The molecule has 0 saturated carbocycles. The third-order valence-electron chi connectivity index (χ3n) is 1.61. The maximum atomic E-state index is 11.5. The second-order valence-corrected chi connectivity index (χ2v) is 5.36. The number of hydrogen-bond acceptors (Lipinski definition) is 2. The molecule has 2 nitrogen and oxygen atoms in total. The number of phenolic OH excluding ortho intramolecular Hbond substituents is 1. The van der Waals surface area contributed by atoms with Crippen molar-refractivity contribution in [3.8, 4) is 5.75 Å². The van der Waals surface area contributed by atoms with Crippen molar-refractivity contribution in [3.05, 3.63) is 29.8 Å². The number of rotatable bonds is 3. The minimum atomic E-state index is 0.136. The van der Waals surface area contributed by atoms with E-state index in [1.54, 1.807) is 12.1 Å². The Hall–Kier alpha value is -0.960.